The van der Waals surface area contributed by atoms with Gasteiger partial charge in [-0.2, -0.15) is 0 Å². The van der Waals surface area contributed by atoms with Gasteiger partial charge in [-0.1, -0.05) is 18.2 Å². The fourth-order valence-corrected chi connectivity index (χ4v) is 2.04. The summed E-state index contributed by atoms with van der Waals surface area (Å²) in [7, 11) is 0. The molecule has 0 saturated heterocycles. The van der Waals surface area contributed by atoms with Crippen LogP contribution in [0.5, 0.6) is 5.75 Å². The molecule has 2 N–H and O–H groups in total. The van der Waals surface area contributed by atoms with Gasteiger partial charge in [0.2, 0.25) is 5.91 Å². The van der Waals surface area contributed by atoms with E-state index in [2.05, 4.69) is 10.1 Å². The summed E-state index contributed by atoms with van der Waals surface area (Å²) in [4.78, 5) is 21.5. The molecule has 0 aliphatic rings. The molecule has 0 radical (unpaired) electrons. The van der Waals surface area contributed by atoms with E-state index in [9.17, 15) is 9.59 Å². The van der Waals surface area contributed by atoms with E-state index in [0.29, 0.717) is 66.0 Å². The summed E-state index contributed by atoms with van der Waals surface area (Å²) in [5, 5.41) is 10.9. The van der Waals surface area contributed by atoms with Crippen molar-refractivity contribution >= 4 is 11.9 Å². The minimum absolute atomic E-state index is 0.290. The number of carbonyl (C=O) groups is 2. The lowest BCUT2D eigenvalue weighted by Gasteiger charge is -2.09. The van der Waals surface area contributed by atoms with E-state index in [-0.39, 0.29) is 12.5 Å². The number of carboxylic acid groups (broad SMARTS) is 1. The summed E-state index contributed by atoms with van der Waals surface area (Å²) in [5.41, 5.74) is 0. The summed E-state index contributed by atoms with van der Waals surface area (Å²) in [6, 6.07) is 9.57. The topological polar surface area (TPSA) is 122 Å². The first-order valence-electron chi connectivity index (χ1n) is 9.73. The van der Waals surface area contributed by atoms with Gasteiger partial charge in [-0.05, 0) is 12.1 Å². The van der Waals surface area contributed by atoms with Crippen molar-refractivity contribution in [3.05, 3.63) is 30.3 Å². The Morgan fingerprint density at radius 3 is 1.80 bits per heavy atom. The number of ether oxygens (including phenoxy) is 6. The van der Waals surface area contributed by atoms with Crippen LogP contribution in [0, 0.1) is 0 Å². The summed E-state index contributed by atoms with van der Waals surface area (Å²) < 4.78 is 31.6. The second-order valence-electron chi connectivity index (χ2n) is 5.85. The minimum Gasteiger partial charge on any atom is -0.491 e. The van der Waals surface area contributed by atoms with Crippen LogP contribution in [0.2, 0.25) is 0 Å². The molecule has 30 heavy (non-hydrogen) atoms. The molecule has 1 amide bonds. The number of carboxylic acids is 1. The molecule has 1 rings (SSSR count). The first-order valence-corrected chi connectivity index (χ1v) is 9.73. The largest absolute Gasteiger partial charge is 0.491 e. The first-order chi connectivity index (χ1) is 14.7. The van der Waals surface area contributed by atoms with Gasteiger partial charge in [-0.25, -0.2) is 4.79 Å². The van der Waals surface area contributed by atoms with E-state index in [1.165, 1.54) is 0 Å². The Kier molecular flexibility index (Phi) is 16.1. The predicted octanol–water partition coefficient (Wildman–Crippen LogP) is 0.349. The van der Waals surface area contributed by atoms with Gasteiger partial charge in [-0.15, -0.1) is 0 Å². The SMILES string of the molecule is O=C(O)COCC(=O)NCCOCCOCCOCCOCCOc1ccccc1. The van der Waals surface area contributed by atoms with E-state index in [4.69, 9.17) is 28.8 Å². The molecular formula is C20H31NO9. The zero-order valence-corrected chi connectivity index (χ0v) is 17.1. The van der Waals surface area contributed by atoms with Crippen LogP contribution in [-0.4, -0.2) is 96.2 Å². The number of nitrogens with one attached hydrogen (secondary N) is 1. The number of hydrogen-bond donors (Lipinski definition) is 2. The normalized spacial score (nSPS) is 10.7. The number of hydrogen-bond acceptors (Lipinski definition) is 8. The monoisotopic (exact) mass is 429 g/mol. The lowest BCUT2D eigenvalue weighted by atomic mass is 10.3. The minimum atomic E-state index is -1.12. The third-order valence-corrected chi connectivity index (χ3v) is 3.38. The van der Waals surface area contributed by atoms with Gasteiger partial charge < -0.3 is 38.8 Å². The maximum absolute atomic E-state index is 11.3. The number of benzene rings is 1. The van der Waals surface area contributed by atoms with Gasteiger partial charge in [-0.3, -0.25) is 4.79 Å². The lowest BCUT2D eigenvalue weighted by molar-refractivity contribution is -0.143. The van der Waals surface area contributed by atoms with Gasteiger partial charge in [0, 0.05) is 6.54 Å². The van der Waals surface area contributed by atoms with Crippen molar-refractivity contribution in [3.8, 4) is 5.75 Å². The third-order valence-electron chi connectivity index (χ3n) is 3.38. The lowest BCUT2D eigenvalue weighted by Crippen LogP contribution is -2.31. The Hall–Kier alpha value is -2.24. The average molecular weight is 429 g/mol. The van der Waals surface area contributed by atoms with Crippen molar-refractivity contribution in [2.24, 2.45) is 0 Å². The molecule has 0 spiro atoms. The van der Waals surface area contributed by atoms with Crippen molar-refractivity contribution in [2.45, 2.75) is 0 Å². The summed E-state index contributed by atoms with van der Waals surface area (Å²) >= 11 is 0. The zero-order chi connectivity index (χ0) is 21.7. The molecule has 170 valence electrons. The van der Waals surface area contributed by atoms with E-state index >= 15 is 0 Å². The highest BCUT2D eigenvalue weighted by Gasteiger charge is 2.02. The van der Waals surface area contributed by atoms with Crippen LogP contribution in [0.4, 0.5) is 0 Å². The number of amides is 1. The Balaban J connectivity index is 1.72. The molecule has 10 nitrogen and oxygen atoms in total. The molecule has 0 heterocycles. The van der Waals surface area contributed by atoms with Gasteiger partial charge in [0.05, 0.1) is 52.9 Å². The highest BCUT2D eigenvalue weighted by molar-refractivity contribution is 5.77. The van der Waals surface area contributed by atoms with Crippen molar-refractivity contribution in [2.75, 3.05) is 79.2 Å². The van der Waals surface area contributed by atoms with Crippen LogP contribution < -0.4 is 10.1 Å². The van der Waals surface area contributed by atoms with Crippen molar-refractivity contribution in [1.29, 1.82) is 0 Å². The molecule has 0 saturated carbocycles. The quantitative estimate of drug-likeness (QED) is 0.283. The zero-order valence-electron chi connectivity index (χ0n) is 17.1. The highest BCUT2D eigenvalue weighted by Crippen LogP contribution is 2.07. The Morgan fingerprint density at radius 1 is 0.700 bits per heavy atom. The number of rotatable bonds is 20. The average Bonchev–Trinajstić information content (AvgIpc) is 2.74. The second-order valence-corrected chi connectivity index (χ2v) is 5.85. The van der Waals surface area contributed by atoms with E-state index in [1.54, 1.807) is 0 Å². The van der Waals surface area contributed by atoms with Crippen LogP contribution in [0.25, 0.3) is 0 Å². The summed E-state index contributed by atoms with van der Waals surface area (Å²) in [6.45, 7) is 3.58. The Bertz CT molecular complexity index is 556. The first kappa shape index (κ1) is 25.8. The molecule has 0 atom stereocenters. The molecular weight excluding hydrogens is 398 g/mol. The molecule has 0 aliphatic carbocycles. The van der Waals surface area contributed by atoms with Gasteiger partial charge in [0.15, 0.2) is 0 Å². The molecule has 10 heteroatoms. The fraction of sp³-hybridized carbons (Fsp3) is 0.600. The van der Waals surface area contributed by atoms with Crippen LogP contribution >= 0.6 is 0 Å². The third kappa shape index (κ3) is 16.7. The van der Waals surface area contributed by atoms with Crippen LogP contribution in [-0.2, 0) is 33.3 Å². The van der Waals surface area contributed by atoms with E-state index < -0.39 is 12.6 Å². The maximum Gasteiger partial charge on any atom is 0.329 e. The van der Waals surface area contributed by atoms with Crippen molar-refractivity contribution < 1.29 is 43.1 Å². The highest BCUT2D eigenvalue weighted by atomic mass is 16.6. The van der Waals surface area contributed by atoms with Crippen LogP contribution in [0.15, 0.2) is 30.3 Å². The predicted molar refractivity (Wildman–Crippen MR) is 107 cm³/mol. The number of aliphatic carboxylic acids is 1. The smallest absolute Gasteiger partial charge is 0.329 e. The molecule has 0 unspecified atom stereocenters. The van der Waals surface area contributed by atoms with E-state index in [1.807, 2.05) is 30.3 Å². The van der Waals surface area contributed by atoms with Crippen LogP contribution in [0.3, 0.4) is 0 Å². The molecule has 0 aromatic heterocycles. The van der Waals surface area contributed by atoms with Crippen molar-refractivity contribution in [1.82, 2.24) is 5.32 Å². The number of para-hydroxylation sites is 1. The van der Waals surface area contributed by atoms with Crippen molar-refractivity contribution in [3.63, 3.8) is 0 Å². The maximum atomic E-state index is 11.3. The molecule has 1 aromatic rings. The summed E-state index contributed by atoms with van der Waals surface area (Å²) in [6.07, 6.45) is 0. The van der Waals surface area contributed by atoms with E-state index in [0.717, 1.165) is 5.75 Å². The fourth-order valence-electron chi connectivity index (χ4n) is 2.04. The van der Waals surface area contributed by atoms with Gasteiger partial charge in [0.1, 0.15) is 25.6 Å². The second kappa shape index (κ2) is 18.8. The summed E-state index contributed by atoms with van der Waals surface area (Å²) in [5.74, 6) is -0.679. The molecule has 1 aromatic carbocycles. The Morgan fingerprint density at radius 2 is 1.23 bits per heavy atom. The molecule has 0 bridgehead atoms. The van der Waals surface area contributed by atoms with Crippen LogP contribution in [0.1, 0.15) is 0 Å². The Labute approximate surface area is 176 Å². The molecule has 0 fully saturated rings. The van der Waals surface area contributed by atoms with Gasteiger partial charge in [0.25, 0.3) is 0 Å². The van der Waals surface area contributed by atoms with Gasteiger partial charge >= 0.3 is 5.97 Å². The standard InChI is InChI=1S/C20H31NO9/c22-19(16-29-17-20(23)24)21-6-7-25-8-9-26-10-11-27-12-13-28-14-15-30-18-4-2-1-3-5-18/h1-5H,6-17H2,(H,21,22)(H,23,24). The molecule has 0 aliphatic heterocycles. The number of carbonyl (C=O) groups excluding carboxylic acids is 1.